The summed E-state index contributed by atoms with van der Waals surface area (Å²) < 4.78 is 0. The van der Waals surface area contributed by atoms with Crippen LogP contribution in [-0.4, -0.2) is 5.78 Å². The van der Waals surface area contributed by atoms with Crippen molar-refractivity contribution in [2.45, 2.75) is 6.92 Å². The Morgan fingerprint density at radius 3 is 1.92 bits per heavy atom. The van der Waals surface area contributed by atoms with Crippen molar-refractivity contribution in [2.75, 3.05) is 0 Å². The first-order valence-corrected chi connectivity index (χ1v) is 4.01. The van der Waals surface area contributed by atoms with Crippen LogP contribution in [0.3, 0.4) is 0 Å². The molecule has 1 nitrogen and oxygen atoms in total. The van der Waals surface area contributed by atoms with Crippen LogP contribution in [0.2, 0.25) is 0 Å². The minimum atomic E-state index is 0.0185. The van der Waals surface area contributed by atoms with Gasteiger partial charge in [-0.15, -0.1) is 0 Å². The topological polar surface area (TPSA) is 17.1 Å². The zero-order chi connectivity index (χ0) is 10.1. The summed E-state index contributed by atoms with van der Waals surface area (Å²) >= 11 is 0. The van der Waals surface area contributed by atoms with Crippen LogP contribution in [-0.2, 0) is 4.79 Å². The van der Waals surface area contributed by atoms with Gasteiger partial charge in [0.25, 0.3) is 0 Å². The van der Waals surface area contributed by atoms with Gasteiger partial charge in [0, 0.05) is 0 Å². The minimum Gasteiger partial charge on any atom is -0.295 e. The second kappa shape index (κ2) is 7.04. The molecule has 0 saturated heterocycles. The van der Waals surface area contributed by atoms with Crippen molar-refractivity contribution in [3.05, 3.63) is 55.1 Å². The van der Waals surface area contributed by atoms with E-state index in [4.69, 9.17) is 0 Å². The van der Waals surface area contributed by atoms with Gasteiger partial charge in [-0.05, 0) is 18.6 Å². The number of hydrogen-bond donors (Lipinski definition) is 0. The minimum absolute atomic E-state index is 0.0185. The molecule has 0 saturated carbocycles. The molecular formula is C12H14O. The molecule has 0 aliphatic carbocycles. The van der Waals surface area contributed by atoms with Crippen LogP contribution in [0.1, 0.15) is 12.5 Å². The van der Waals surface area contributed by atoms with Crippen LogP contribution in [0.25, 0.3) is 6.08 Å². The van der Waals surface area contributed by atoms with E-state index in [1.54, 1.807) is 0 Å². The molecule has 0 fully saturated rings. The van der Waals surface area contributed by atoms with Crippen molar-refractivity contribution < 1.29 is 4.79 Å². The predicted molar refractivity (Wildman–Crippen MR) is 57.4 cm³/mol. The van der Waals surface area contributed by atoms with E-state index in [1.807, 2.05) is 36.4 Å². The van der Waals surface area contributed by atoms with Crippen LogP contribution in [0, 0.1) is 0 Å². The fourth-order valence-corrected chi connectivity index (χ4v) is 0.589. The monoisotopic (exact) mass is 174 g/mol. The summed E-state index contributed by atoms with van der Waals surface area (Å²) in [7, 11) is 0. The molecule has 0 aliphatic rings. The number of hydrogen-bond acceptors (Lipinski definition) is 1. The Morgan fingerprint density at radius 2 is 1.69 bits per heavy atom. The number of rotatable bonds is 2. The molecule has 1 aromatic carbocycles. The van der Waals surface area contributed by atoms with Crippen molar-refractivity contribution in [3.63, 3.8) is 0 Å². The van der Waals surface area contributed by atoms with E-state index in [-0.39, 0.29) is 5.78 Å². The van der Waals surface area contributed by atoms with Gasteiger partial charge in [-0.2, -0.15) is 0 Å². The second-order valence-electron chi connectivity index (χ2n) is 2.43. The lowest BCUT2D eigenvalue weighted by molar-refractivity contribution is -0.112. The number of carbonyl (C=O) groups excluding carboxylic acids is 1. The zero-order valence-electron chi connectivity index (χ0n) is 7.86. The maximum absolute atomic E-state index is 9.69. The molecule has 68 valence electrons. The second-order valence-corrected chi connectivity index (χ2v) is 2.43. The van der Waals surface area contributed by atoms with Gasteiger partial charge in [0.15, 0.2) is 5.78 Å². The summed E-state index contributed by atoms with van der Waals surface area (Å²) in [6.07, 6.45) is 3.11. The summed E-state index contributed by atoms with van der Waals surface area (Å²) in [6.45, 7) is 8.31. The third kappa shape index (κ3) is 6.76. The molecule has 0 aliphatic heterocycles. The molecule has 0 bridgehead atoms. The Morgan fingerprint density at radius 1 is 1.23 bits per heavy atom. The molecule has 0 N–H and O–H groups in total. The largest absolute Gasteiger partial charge is 0.295 e. The Hall–Kier alpha value is -1.63. The summed E-state index contributed by atoms with van der Waals surface area (Å²) in [5.41, 5.74) is 1.17. The third-order valence-electron chi connectivity index (χ3n) is 1.32. The first-order valence-electron chi connectivity index (χ1n) is 4.01. The van der Waals surface area contributed by atoms with E-state index in [1.165, 1.54) is 18.6 Å². The number of ketones is 1. The highest BCUT2D eigenvalue weighted by atomic mass is 16.1. The molecule has 13 heavy (non-hydrogen) atoms. The van der Waals surface area contributed by atoms with Crippen molar-refractivity contribution in [1.82, 2.24) is 0 Å². The lowest BCUT2D eigenvalue weighted by Crippen LogP contribution is -1.74. The average molecular weight is 174 g/mol. The van der Waals surface area contributed by atoms with E-state index in [9.17, 15) is 4.79 Å². The van der Waals surface area contributed by atoms with Crippen molar-refractivity contribution in [1.29, 1.82) is 0 Å². The Bertz CT molecular complexity index is 272. The van der Waals surface area contributed by atoms with Crippen LogP contribution in [0.15, 0.2) is 49.6 Å². The van der Waals surface area contributed by atoms with Crippen LogP contribution in [0.5, 0.6) is 0 Å². The standard InChI is InChI=1S/C8H8.C4H6O/c1-2-8-6-4-3-5-7-8;1-3-4(2)5/h2-7H,1H2;3H,1H2,2H3. The van der Waals surface area contributed by atoms with Crippen molar-refractivity contribution >= 4 is 11.9 Å². The van der Waals surface area contributed by atoms with Gasteiger partial charge in [0.05, 0.1) is 0 Å². The summed E-state index contributed by atoms with van der Waals surface area (Å²) in [5.74, 6) is 0.0185. The van der Waals surface area contributed by atoms with Gasteiger partial charge in [-0.1, -0.05) is 49.6 Å². The predicted octanol–water partition coefficient (Wildman–Crippen LogP) is 3.09. The van der Waals surface area contributed by atoms with E-state index >= 15 is 0 Å². The molecule has 1 heteroatoms. The first-order chi connectivity index (χ1) is 6.20. The number of allylic oxidation sites excluding steroid dienone is 1. The van der Waals surface area contributed by atoms with E-state index in [2.05, 4.69) is 13.2 Å². The van der Waals surface area contributed by atoms with Crippen LogP contribution < -0.4 is 0 Å². The van der Waals surface area contributed by atoms with Crippen molar-refractivity contribution in [2.24, 2.45) is 0 Å². The maximum atomic E-state index is 9.69. The van der Waals surface area contributed by atoms with Gasteiger partial charge in [0.1, 0.15) is 0 Å². The highest BCUT2D eigenvalue weighted by Gasteiger charge is 1.75. The molecule has 0 atom stereocenters. The number of benzene rings is 1. The molecule has 0 unspecified atom stereocenters. The van der Waals surface area contributed by atoms with Gasteiger partial charge in [-0.25, -0.2) is 0 Å². The normalized spacial score (nSPS) is 7.77. The van der Waals surface area contributed by atoms with Gasteiger partial charge in [0.2, 0.25) is 0 Å². The van der Waals surface area contributed by atoms with Gasteiger partial charge in [-0.3, -0.25) is 4.79 Å². The first kappa shape index (κ1) is 11.4. The molecule has 0 radical (unpaired) electrons. The quantitative estimate of drug-likeness (QED) is 0.630. The molecule has 0 spiro atoms. The zero-order valence-corrected chi connectivity index (χ0v) is 7.86. The fourth-order valence-electron chi connectivity index (χ4n) is 0.589. The summed E-state index contributed by atoms with van der Waals surface area (Å²) in [4.78, 5) is 9.69. The highest BCUT2D eigenvalue weighted by Crippen LogP contribution is 1.97. The van der Waals surface area contributed by atoms with Crippen LogP contribution in [0.4, 0.5) is 0 Å². The molecule has 0 heterocycles. The summed E-state index contributed by atoms with van der Waals surface area (Å²) in [5, 5.41) is 0. The summed E-state index contributed by atoms with van der Waals surface area (Å²) in [6, 6.07) is 10.0. The molecule has 0 amide bonds. The molecular weight excluding hydrogens is 160 g/mol. The van der Waals surface area contributed by atoms with Gasteiger partial charge >= 0.3 is 0 Å². The lowest BCUT2D eigenvalue weighted by Gasteiger charge is -1.85. The highest BCUT2D eigenvalue weighted by molar-refractivity contribution is 5.86. The third-order valence-corrected chi connectivity index (χ3v) is 1.32. The molecule has 0 aromatic heterocycles. The fraction of sp³-hybridized carbons (Fsp3) is 0.0833. The SMILES string of the molecule is C=CC(C)=O.C=Cc1ccccc1. The van der Waals surface area contributed by atoms with Crippen molar-refractivity contribution in [3.8, 4) is 0 Å². The smallest absolute Gasteiger partial charge is 0.152 e. The molecule has 1 aromatic rings. The van der Waals surface area contributed by atoms with Gasteiger partial charge < -0.3 is 0 Å². The van der Waals surface area contributed by atoms with E-state index < -0.39 is 0 Å². The molecule has 1 rings (SSSR count). The average Bonchev–Trinajstić information content (AvgIpc) is 2.20. The van der Waals surface area contributed by atoms with Crippen LogP contribution >= 0.6 is 0 Å². The maximum Gasteiger partial charge on any atom is 0.152 e. The van der Waals surface area contributed by atoms with E-state index in [0.717, 1.165) is 0 Å². The Kier molecular flexibility index (Phi) is 6.16. The Labute approximate surface area is 79.4 Å². The Balaban J connectivity index is 0.000000252. The number of carbonyl (C=O) groups is 1. The van der Waals surface area contributed by atoms with E-state index in [0.29, 0.717) is 0 Å². The lowest BCUT2D eigenvalue weighted by atomic mass is 10.2.